The summed E-state index contributed by atoms with van der Waals surface area (Å²) in [6.07, 6.45) is 2.97. The highest BCUT2D eigenvalue weighted by molar-refractivity contribution is 7.40. The van der Waals surface area contributed by atoms with E-state index >= 15 is 0 Å². The molecule has 1 fully saturated rings. The molecule has 2 unspecified atom stereocenters. The zero-order valence-electron chi connectivity index (χ0n) is 5.07. The summed E-state index contributed by atoms with van der Waals surface area (Å²) in [5.41, 5.74) is 2.10. The molecular weight excluding hydrogens is 103 g/mol. The zero-order chi connectivity index (χ0) is 5.28. The quantitative estimate of drug-likeness (QED) is 0.426. The highest BCUT2D eigenvalue weighted by Gasteiger charge is 2.15. The van der Waals surface area contributed by atoms with E-state index in [9.17, 15) is 0 Å². The normalized spacial score (nSPS) is 45.4. The van der Waals surface area contributed by atoms with E-state index in [2.05, 4.69) is 13.8 Å². The van der Waals surface area contributed by atoms with E-state index < -0.39 is 0 Å². The Bertz CT molecular complexity index is 53.2. The van der Waals surface area contributed by atoms with E-state index in [1.54, 1.807) is 0 Å². The van der Waals surface area contributed by atoms with Crippen molar-refractivity contribution >= 4 is 8.58 Å². The van der Waals surface area contributed by atoms with Crippen molar-refractivity contribution in [3.05, 3.63) is 0 Å². The van der Waals surface area contributed by atoms with Crippen LogP contribution >= 0.6 is 8.58 Å². The van der Waals surface area contributed by atoms with Crippen LogP contribution in [0.4, 0.5) is 0 Å². The Morgan fingerprint density at radius 3 is 1.71 bits per heavy atom. The summed E-state index contributed by atoms with van der Waals surface area (Å²) in [7, 11) is 1.26. The average Bonchev–Trinajstić information content (AvgIpc) is 1.87. The molecule has 0 aromatic heterocycles. The highest BCUT2D eigenvalue weighted by atomic mass is 31.1. The first-order chi connectivity index (χ1) is 3.29. The fourth-order valence-corrected chi connectivity index (χ4v) is 2.79. The van der Waals surface area contributed by atoms with Crippen molar-refractivity contribution in [3.8, 4) is 0 Å². The molecule has 1 saturated heterocycles. The standard InChI is InChI=1S/C6H13P/c1-5-3-4-6(2)7-5/h5-7H,3-4H2,1-2H3. The van der Waals surface area contributed by atoms with Gasteiger partial charge < -0.3 is 0 Å². The van der Waals surface area contributed by atoms with Crippen LogP contribution in [0.2, 0.25) is 0 Å². The molecule has 0 aliphatic carbocycles. The van der Waals surface area contributed by atoms with Crippen molar-refractivity contribution in [3.63, 3.8) is 0 Å². The first kappa shape index (κ1) is 5.56. The lowest BCUT2D eigenvalue weighted by atomic mass is 10.2. The van der Waals surface area contributed by atoms with Crippen molar-refractivity contribution in [2.75, 3.05) is 0 Å². The van der Waals surface area contributed by atoms with Crippen LogP contribution in [0, 0.1) is 0 Å². The van der Waals surface area contributed by atoms with Crippen LogP contribution in [0.5, 0.6) is 0 Å². The lowest BCUT2D eigenvalue weighted by Gasteiger charge is -1.97. The smallest absolute Gasteiger partial charge is 0.0262 e. The number of hydrogen-bond acceptors (Lipinski definition) is 0. The van der Waals surface area contributed by atoms with Crippen molar-refractivity contribution in [1.29, 1.82) is 0 Å². The van der Waals surface area contributed by atoms with Gasteiger partial charge in [-0.2, -0.15) is 0 Å². The van der Waals surface area contributed by atoms with Gasteiger partial charge in [-0.05, 0) is 24.2 Å². The van der Waals surface area contributed by atoms with Crippen LogP contribution in [-0.4, -0.2) is 11.3 Å². The third-order valence-corrected chi connectivity index (χ3v) is 3.32. The van der Waals surface area contributed by atoms with Crippen LogP contribution in [-0.2, 0) is 0 Å². The van der Waals surface area contributed by atoms with Crippen molar-refractivity contribution in [2.45, 2.75) is 38.0 Å². The van der Waals surface area contributed by atoms with Gasteiger partial charge in [-0.15, -0.1) is 8.58 Å². The minimum atomic E-state index is 1.05. The molecule has 0 amide bonds. The Balaban J connectivity index is 2.26. The molecule has 1 rings (SSSR count). The van der Waals surface area contributed by atoms with Gasteiger partial charge in [0, 0.05) is 0 Å². The minimum absolute atomic E-state index is 1.05. The average molecular weight is 116 g/mol. The monoisotopic (exact) mass is 116 g/mol. The number of rotatable bonds is 0. The van der Waals surface area contributed by atoms with Crippen LogP contribution < -0.4 is 0 Å². The van der Waals surface area contributed by atoms with Crippen LogP contribution in [0.1, 0.15) is 26.7 Å². The summed E-state index contributed by atoms with van der Waals surface area (Å²) in [4.78, 5) is 0. The van der Waals surface area contributed by atoms with Gasteiger partial charge in [0.25, 0.3) is 0 Å². The molecule has 7 heavy (non-hydrogen) atoms. The Labute approximate surface area is 47.5 Å². The maximum Gasteiger partial charge on any atom is -0.0262 e. The van der Waals surface area contributed by atoms with Gasteiger partial charge in [0.15, 0.2) is 0 Å². The third-order valence-electron chi connectivity index (χ3n) is 1.60. The second kappa shape index (κ2) is 2.13. The van der Waals surface area contributed by atoms with Crippen molar-refractivity contribution in [2.24, 2.45) is 0 Å². The molecule has 0 aromatic carbocycles. The number of hydrogen-bond donors (Lipinski definition) is 0. The highest BCUT2D eigenvalue weighted by Crippen LogP contribution is 2.38. The second-order valence-corrected chi connectivity index (χ2v) is 4.85. The predicted octanol–water partition coefficient (Wildman–Crippen LogP) is 2.24. The lowest BCUT2D eigenvalue weighted by Crippen LogP contribution is -1.81. The molecule has 0 radical (unpaired) electrons. The van der Waals surface area contributed by atoms with Gasteiger partial charge in [0.2, 0.25) is 0 Å². The van der Waals surface area contributed by atoms with Crippen LogP contribution in [0.3, 0.4) is 0 Å². The van der Waals surface area contributed by atoms with Gasteiger partial charge >= 0.3 is 0 Å². The molecule has 0 spiro atoms. The molecule has 0 saturated carbocycles. The lowest BCUT2D eigenvalue weighted by molar-refractivity contribution is 0.777. The molecular formula is C6H13P. The van der Waals surface area contributed by atoms with Gasteiger partial charge in [-0.1, -0.05) is 13.8 Å². The first-order valence-corrected chi connectivity index (χ1v) is 4.20. The van der Waals surface area contributed by atoms with E-state index in [0.29, 0.717) is 0 Å². The Hall–Kier alpha value is 0.430. The fourth-order valence-electron chi connectivity index (χ4n) is 1.15. The second-order valence-electron chi connectivity index (χ2n) is 2.55. The van der Waals surface area contributed by atoms with E-state index in [1.165, 1.54) is 21.4 Å². The van der Waals surface area contributed by atoms with Gasteiger partial charge in [-0.3, -0.25) is 0 Å². The molecule has 2 atom stereocenters. The largest absolute Gasteiger partial charge is 0.116 e. The molecule has 0 N–H and O–H groups in total. The molecule has 0 nitrogen and oxygen atoms in total. The first-order valence-electron chi connectivity index (χ1n) is 3.05. The van der Waals surface area contributed by atoms with E-state index in [4.69, 9.17) is 0 Å². The summed E-state index contributed by atoms with van der Waals surface area (Å²) in [6, 6.07) is 0. The van der Waals surface area contributed by atoms with Gasteiger partial charge in [-0.25, -0.2) is 0 Å². The SMILES string of the molecule is CC1CCC(C)P1. The van der Waals surface area contributed by atoms with Crippen LogP contribution in [0.25, 0.3) is 0 Å². The Kier molecular flexibility index (Phi) is 1.69. The molecule has 1 aliphatic heterocycles. The Morgan fingerprint density at radius 2 is 1.57 bits per heavy atom. The summed E-state index contributed by atoms with van der Waals surface area (Å²) < 4.78 is 0. The summed E-state index contributed by atoms with van der Waals surface area (Å²) in [6.45, 7) is 4.73. The van der Waals surface area contributed by atoms with E-state index in [1.807, 2.05) is 0 Å². The van der Waals surface area contributed by atoms with E-state index in [0.717, 1.165) is 11.3 Å². The molecule has 0 bridgehead atoms. The van der Waals surface area contributed by atoms with Crippen molar-refractivity contribution < 1.29 is 0 Å². The molecule has 42 valence electrons. The summed E-state index contributed by atoms with van der Waals surface area (Å²) in [5, 5.41) is 0. The Morgan fingerprint density at radius 1 is 1.14 bits per heavy atom. The topological polar surface area (TPSA) is 0 Å². The van der Waals surface area contributed by atoms with Crippen molar-refractivity contribution in [1.82, 2.24) is 0 Å². The summed E-state index contributed by atoms with van der Waals surface area (Å²) in [5.74, 6) is 0. The summed E-state index contributed by atoms with van der Waals surface area (Å²) >= 11 is 0. The minimum Gasteiger partial charge on any atom is -0.116 e. The van der Waals surface area contributed by atoms with Crippen LogP contribution in [0.15, 0.2) is 0 Å². The maximum atomic E-state index is 2.36. The molecule has 1 aliphatic rings. The molecule has 1 heteroatoms. The van der Waals surface area contributed by atoms with Gasteiger partial charge in [0.1, 0.15) is 0 Å². The molecule has 1 heterocycles. The fraction of sp³-hybridized carbons (Fsp3) is 1.00. The predicted molar refractivity (Wildman–Crippen MR) is 36.5 cm³/mol. The third kappa shape index (κ3) is 1.42. The molecule has 0 aromatic rings. The van der Waals surface area contributed by atoms with Gasteiger partial charge in [0.05, 0.1) is 0 Å². The maximum absolute atomic E-state index is 2.36. The van der Waals surface area contributed by atoms with E-state index in [-0.39, 0.29) is 0 Å². The zero-order valence-corrected chi connectivity index (χ0v) is 6.07.